The first-order valence-corrected chi connectivity index (χ1v) is 6.19. The lowest BCUT2D eigenvalue weighted by molar-refractivity contribution is -0.120. The zero-order valence-electron chi connectivity index (χ0n) is 10.6. The van der Waals surface area contributed by atoms with Gasteiger partial charge < -0.3 is 11.1 Å². The molecule has 17 heavy (non-hydrogen) atoms. The third-order valence-corrected chi connectivity index (χ3v) is 2.68. The Hall–Kier alpha value is -1.35. The van der Waals surface area contributed by atoms with Gasteiger partial charge in [-0.25, -0.2) is 0 Å². The molecule has 0 fully saturated rings. The third-order valence-electron chi connectivity index (χ3n) is 2.68. The van der Waals surface area contributed by atoms with Crippen molar-refractivity contribution in [3.05, 3.63) is 30.3 Å². The Bertz CT molecular complexity index is 335. The standard InChI is InChI=1S/C14H22N2O/c1-11(2)10-12(8-9-15)14(17)16-13-6-4-3-5-7-13/h3-7,11-12H,8-10,15H2,1-2H3,(H,16,17). The highest BCUT2D eigenvalue weighted by Gasteiger charge is 2.18. The smallest absolute Gasteiger partial charge is 0.227 e. The lowest BCUT2D eigenvalue weighted by Crippen LogP contribution is -2.26. The Morgan fingerprint density at radius 2 is 1.94 bits per heavy atom. The number of para-hydroxylation sites is 1. The minimum absolute atomic E-state index is 0.0141. The van der Waals surface area contributed by atoms with Gasteiger partial charge in [0.05, 0.1) is 0 Å². The maximum atomic E-state index is 12.1. The summed E-state index contributed by atoms with van der Waals surface area (Å²) in [6.45, 7) is 4.80. The molecule has 0 bridgehead atoms. The summed E-state index contributed by atoms with van der Waals surface area (Å²) in [7, 11) is 0. The largest absolute Gasteiger partial charge is 0.330 e. The molecule has 0 spiro atoms. The number of carbonyl (C=O) groups is 1. The van der Waals surface area contributed by atoms with E-state index in [4.69, 9.17) is 5.73 Å². The lowest BCUT2D eigenvalue weighted by Gasteiger charge is -2.17. The van der Waals surface area contributed by atoms with E-state index in [2.05, 4.69) is 19.2 Å². The topological polar surface area (TPSA) is 55.1 Å². The molecule has 3 N–H and O–H groups in total. The van der Waals surface area contributed by atoms with Crippen molar-refractivity contribution in [2.24, 2.45) is 17.6 Å². The van der Waals surface area contributed by atoms with E-state index in [0.717, 1.165) is 18.5 Å². The highest BCUT2D eigenvalue weighted by Crippen LogP contribution is 2.17. The molecule has 0 heterocycles. The minimum Gasteiger partial charge on any atom is -0.330 e. The molecular weight excluding hydrogens is 212 g/mol. The van der Waals surface area contributed by atoms with Gasteiger partial charge >= 0.3 is 0 Å². The second-order valence-corrected chi connectivity index (χ2v) is 4.76. The number of carbonyl (C=O) groups excluding carboxylic acids is 1. The van der Waals surface area contributed by atoms with Crippen LogP contribution in [0.2, 0.25) is 0 Å². The van der Waals surface area contributed by atoms with Gasteiger partial charge in [0, 0.05) is 11.6 Å². The summed E-state index contributed by atoms with van der Waals surface area (Å²) >= 11 is 0. The van der Waals surface area contributed by atoms with Crippen molar-refractivity contribution in [3.63, 3.8) is 0 Å². The number of hydrogen-bond acceptors (Lipinski definition) is 2. The average molecular weight is 234 g/mol. The normalized spacial score (nSPS) is 12.5. The number of benzene rings is 1. The predicted octanol–water partition coefficient (Wildman–Crippen LogP) is 2.64. The van der Waals surface area contributed by atoms with Crippen LogP contribution in [-0.4, -0.2) is 12.5 Å². The molecule has 1 amide bonds. The van der Waals surface area contributed by atoms with Crippen molar-refractivity contribution in [2.75, 3.05) is 11.9 Å². The molecule has 0 saturated heterocycles. The van der Waals surface area contributed by atoms with Crippen LogP contribution in [0.25, 0.3) is 0 Å². The first kappa shape index (κ1) is 13.7. The van der Waals surface area contributed by atoms with E-state index >= 15 is 0 Å². The zero-order valence-corrected chi connectivity index (χ0v) is 10.6. The number of nitrogens with two attached hydrogens (primary N) is 1. The van der Waals surface area contributed by atoms with Crippen LogP contribution in [0.5, 0.6) is 0 Å². The molecule has 0 saturated carbocycles. The Morgan fingerprint density at radius 1 is 1.29 bits per heavy atom. The first-order valence-electron chi connectivity index (χ1n) is 6.19. The number of rotatable bonds is 6. The SMILES string of the molecule is CC(C)CC(CCN)C(=O)Nc1ccccc1. The highest BCUT2D eigenvalue weighted by atomic mass is 16.1. The van der Waals surface area contributed by atoms with E-state index in [0.29, 0.717) is 12.5 Å². The number of nitrogens with one attached hydrogen (secondary N) is 1. The van der Waals surface area contributed by atoms with Gasteiger partial charge in [-0.2, -0.15) is 0 Å². The van der Waals surface area contributed by atoms with Crippen LogP contribution in [0.3, 0.4) is 0 Å². The van der Waals surface area contributed by atoms with Gasteiger partial charge in [-0.3, -0.25) is 4.79 Å². The summed E-state index contributed by atoms with van der Waals surface area (Å²) in [4.78, 5) is 12.1. The summed E-state index contributed by atoms with van der Waals surface area (Å²) in [5.74, 6) is 0.601. The zero-order chi connectivity index (χ0) is 12.7. The van der Waals surface area contributed by atoms with Crippen LogP contribution < -0.4 is 11.1 Å². The molecule has 1 aromatic carbocycles. The Balaban J connectivity index is 2.59. The van der Waals surface area contributed by atoms with Crippen molar-refractivity contribution >= 4 is 11.6 Å². The number of anilines is 1. The van der Waals surface area contributed by atoms with Crippen LogP contribution in [0.15, 0.2) is 30.3 Å². The Labute approximate surface area is 103 Å². The minimum atomic E-state index is 0.0141. The molecule has 1 unspecified atom stereocenters. The fraction of sp³-hybridized carbons (Fsp3) is 0.500. The van der Waals surface area contributed by atoms with E-state index in [-0.39, 0.29) is 11.8 Å². The molecule has 0 aromatic heterocycles. The van der Waals surface area contributed by atoms with Gasteiger partial charge in [-0.1, -0.05) is 32.0 Å². The molecule has 0 aliphatic heterocycles. The monoisotopic (exact) mass is 234 g/mol. The van der Waals surface area contributed by atoms with Crippen molar-refractivity contribution < 1.29 is 4.79 Å². The fourth-order valence-electron chi connectivity index (χ4n) is 1.89. The highest BCUT2D eigenvalue weighted by molar-refractivity contribution is 5.92. The first-order chi connectivity index (χ1) is 8.13. The van der Waals surface area contributed by atoms with Crippen molar-refractivity contribution in [1.29, 1.82) is 0 Å². The van der Waals surface area contributed by atoms with Gasteiger partial charge in [0.1, 0.15) is 0 Å². The van der Waals surface area contributed by atoms with Gasteiger partial charge in [0.25, 0.3) is 0 Å². The van der Waals surface area contributed by atoms with Crippen LogP contribution in [0, 0.1) is 11.8 Å². The Morgan fingerprint density at radius 3 is 2.47 bits per heavy atom. The van der Waals surface area contributed by atoms with Crippen molar-refractivity contribution in [2.45, 2.75) is 26.7 Å². The second-order valence-electron chi connectivity index (χ2n) is 4.76. The molecule has 3 nitrogen and oxygen atoms in total. The van der Waals surface area contributed by atoms with Crippen LogP contribution in [0.1, 0.15) is 26.7 Å². The molecule has 0 aliphatic rings. The molecule has 94 valence electrons. The molecule has 0 radical (unpaired) electrons. The molecule has 0 aliphatic carbocycles. The second kappa shape index (κ2) is 7.07. The Kier molecular flexibility index (Phi) is 5.70. The van der Waals surface area contributed by atoms with E-state index in [1.807, 2.05) is 30.3 Å². The fourth-order valence-corrected chi connectivity index (χ4v) is 1.89. The molecule has 1 atom stereocenters. The van der Waals surface area contributed by atoms with Crippen LogP contribution in [0.4, 0.5) is 5.69 Å². The van der Waals surface area contributed by atoms with E-state index < -0.39 is 0 Å². The van der Waals surface area contributed by atoms with Crippen LogP contribution >= 0.6 is 0 Å². The lowest BCUT2D eigenvalue weighted by atomic mass is 9.93. The summed E-state index contributed by atoms with van der Waals surface area (Å²) in [5, 5.41) is 2.94. The van der Waals surface area contributed by atoms with Gasteiger partial charge in [-0.05, 0) is 37.4 Å². The van der Waals surface area contributed by atoms with E-state index in [1.165, 1.54) is 0 Å². The molecular formula is C14H22N2O. The summed E-state index contributed by atoms with van der Waals surface area (Å²) in [6, 6.07) is 9.55. The average Bonchev–Trinajstić information content (AvgIpc) is 2.29. The maximum Gasteiger partial charge on any atom is 0.227 e. The molecule has 3 heteroatoms. The summed E-state index contributed by atoms with van der Waals surface area (Å²) in [5.41, 5.74) is 6.41. The van der Waals surface area contributed by atoms with Crippen molar-refractivity contribution in [3.8, 4) is 0 Å². The summed E-state index contributed by atoms with van der Waals surface area (Å²) in [6.07, 6.45) is 1.63. The quantitative estimate of drug-likeness (QED) is 0.795. The van der Waals surface area contributed by atoms with Gasteiger partial charge in [-0.15, -0.1) is 0 Å². The predicted molar refractivity (Wildman–Crippen MR) is 71.7 cm³/mol. The van der Waals surface area contributed by atoms with Crippen LogP contribution in [-0.2, 0) is 4.79 Å². The third kappa shape index (κ3) is 5.00. The van der Waals surface area contributed by atoms with Crippen molar-refractivity contribution in [1.82, 2.24) is 0 Å². The molecule has 1 aromatic rings. The van der Waals surface area contributed by atoms with E-state index in [9.17, 15) is 4.79 Å². The maximum absolute atomic E-state index is 12.1. The van der Waals surface area contributed by atoms with E-state index in [1.54, 1.807) is 0 Å². The van der Waals surface area contributed by atoms with Gasteiger partial charge in [0.2, 0.25) is 5.91 Å². The number of amides is 1. The number of hydrogen-bond donors (Lipinski definition) is 2. The molecule has 1 rings (SSSR count). The summed E-state index contributed by atoms with van der Waals surface area (Å²) < 4.78 is 0. The van der Waals surface area contributed by atoms with Gasteiger partial charge in [0.15, 0.2) is 0 Å².